The number of rotatable bonds is 10. The molecule has 3 atom stereocenters. The summed E-state index contributed by atoms with van der Waals surface area (Å²) in [7, 11) is 0. The summed E-state index contributed by atoms with van der Waals surface area (Å²) in [6.07, 6.45) is 3.50. The number of aliphatic hydroxyl groups excluding tert-OH is 1. The van der Waals surface area contributed by atoms with Gasteiger partial charge in [0.05, 0.1) is 18.6 Å². The van der Waals surface area contributed by atoms with Gasteiger partial charge in [-0.05, 0) is 10.6 Å². The number of amides is 2. The highest BCUT2D eigenvalue weighted by Gasteiger charge is 2.54. The first-order chi connectivity index (χ1) is 19.7. The number of thioether (sulfide) groups is 3. The number of nitrogens with zero attached hydrogens (tertiary/aromatic N) is 7. The van der Waals surface area contributed by atoms with E-state index in [0.717, 1.165) is 11.5 Å². The van der Waals surface area contributed by atoms with Crippen molar-refractivity contribution in [1.82, 2.24) is 24.3 Å². The number of aliphatic hydroxyl groups is 1. The van der Waals surface area contributed by atoms with E-state index in [2.05, 4.69) is 24.8 Å². The molecule has 2 aromatic heterocycles. The van der Waals surface area contributed by atoms with E-state index in [0.29, 0.717) is 35.3 Å². The number of aliphatic imine (C=N–C) groups is 1. The molecule has 5 rings (SSSR count). The molecule has 1 fully saturated rings. The van der Waals surface area contributed by atoms with Crippen LogP contribution in [-0.2, 0) is 20.9 Å². The molecule has 1 saturated heterocycles. The number of β-lactam (4-membered cyclic amide) rings is 1. The molecule has 216 valence electrons. The van der Waals surface area contributed by atoms with Gasteiger partial charge in [0.25, 0.3) is 11.8 Å². The van der Waals surface area contributed by atoms with Crippen molar-refractivity contribution >= 4 is 93.3 Å². The van der Waals surface area contributed by atoms with Crippen LogP contribution in [0, 0.1) is 0 Å². The van der Waals surface area contributed by atoms with Gasteiger partial charge < -0.3 is 32.2 Å². The van der Waals surface area contributed by atoms with Gasteiger partial charge in [0, 0.05) is 29.1 Å². The Bertz CT molecular complexity index is 1520. The van der Waals surface area contributed by atoms with Crippen molar-refractivity contribution in [3.05, 3.63) is 34.8 Å². The second-order valence-corrected chi connectivity index (χ2v) is 12.9. The number of hydrogen-bond acceptors (Lipinski definition) is 15. The normalized spacial score (nSPS) is 22.3. The SMILES string of the molecule is Nc1nc(/C(=N/O)C(=O)N[C@@H]2C(=O)N3C(C(=O)O)=C(CSC4C=NC([n+]5ccc(N)n5CCO)=CS4)CSC23)ns1. The van der Waals surface area contributed by atoms with Crippen LogP contribution in [-0.4, -0.2) is 98.2 Å². The second kappa shape index (κ2) is 12.1. The van der Waals surface area contributed by atoms with Crippen molar-refractivity contribution in [3.63, 3.8) is 0 Å². The van der Waals surface area contributed by atoms with Crippen molar-refractivity contribution in [3.8, 4) is 0 Å². The van der Waals surface area contributed by atoms with Crippen molar-refractivity contribution in [2.24, 2.45) is 10.1 Å². The van der Waals surface area contributed by atoms with Crippen LogP contribution in [0.25, 0.3) is 5.82 Å². The fourth-order valence-corrected chi connectivity index (χ4v) is 8.11. The highest BCUT2D eigenvalue weighted by Crippen LogP contribution is 2.42. The van der Waals surface area contributed by atoms with Gasteiger partial charge in [0.15, 0.2) is 5.13 Å². The van der Waals surface area contributed by atoms with Crippen LogP contribution in [0.3, 0.4) is 0 Å². The number of carbonyl (C=O) groups excluding carboxylic acids is 2. The smallest absolute Gasteiger partial charge is 0.352 e. The fraction of sp³-hybridized carbons (Fsp3) is 0.333. The quantitative estimate of drug-likeness (QED) is 0.0604. The monoisotopic (exact) mass is 639 g/mol. The van der Waals surface area contributed by atoms with E-state index in [-0.39, 0.29) is 27.8 Å². The molecule has 0 spiro atoms. The van der Waals surface area contributed by atoms with Crippen molar-refractivity contribution in [2.75, 3.05) is 29.6 Å². The first kappa shape index (κ1) is 28.9. The fourth-order valence-electron chi connectivity index (χ4n) is 4.21. The number of nitrogen functional groups attached to an aromatic ring is 2. The lowest BCUT2D eigenvalue weighted by molar-refractivity contribution is -0.672. The largest absolute Gasteiger partial charge is 0.477 e. The minimum absolute atomic E-state index is 0.0657. The molecular weight excluding hydrogens is 617 g/mol. The molecule has 41 heavy (non-hydrogen) atoms. The van der Waals surface area contributed by atoms with Crippen LogP contribution in [0.15, 0.2) is 39.1 Å². The van der Waals surface area contributed by atoms with Gasteiger partial charge in [0.2, 0.25) is 11.5 Å². The molecule has 0 radical (unpaired) electrons. The van der Waals surface area contributed by atoms with Gasteiger partial charge in [-0.3, -0.25) is 14.5 Å². The average molecular weight is 640 g/mol. The molecule has 3 aliphatic rings. The number of hydrogen-bond donors (Lipinski definition) is 6. The zero-order valence-corrected chi connectivity index (χ0v) is 24.1. The molecule has 5 heterocycles. The van der Waals surface area contributed by atoms with E-state index < -0.39 is 34.9 Å². The Hall–Kier alpha value is -3.59. The molecule has 2 aromatic rings. The van der Waals surface area contributed by atoms with Gasteiger partial charge >= 0.3 is 11.8 Å². The Balaban J connectivity index is 1.22. The summed E-state index contributed by atoms with van der Waals surface area (Å²) < 4.78 is 7.16. The molecule has 0 aliphatic carbocycles. The minimum atomic E-state index is -1.24. The highest BCUT2D eigenvalue weighted by molar-refractivity contribution is 8.19. The van der Waals surface area contributed by atoms with Crippen LogP contribution in [0.5, 0.6) is 0 Å². The number of fused-ring (bicyclic) bond motifs is 1. The summed E-state index contributed by atoms with van der Waals surface area (Å²) in [4.78, 5) is 47.3. The Morgan fingerprint density at radius 1 is 1.34 bits per heavy atom. The van der Waals surface area contributed by atoms with E-state index in [9.17, 15) is 29.8 Å². The summed E-state index contributed by atoms with van der Waals surface area (Å²) in [6.45, 7) is 0.235. The topological polar surface area (TPSA) is 239 Å². The number of carbonyl (C=O) groups is 3. The number of carboxylic acid groups (broad SMARTS) is 1. The molecule has 16 nitrogen and oxygen atoms in total. The van der Waals surface area contributed by atoms with Crippen LogP contribution < -0.4 is 21.5 Å². The molecule has 0 bridgehead atoms. The van der Waals surface area contributed by atoms with Crippen molar-refractivity contribution < 1.29 is 34.5 Å². The molecular formula is C21H23N10O6S4+. The Labute approximate surface area is 248 Å². The lowest BCUT2D eigenvalue weighted by atomic mass is 10.0. The Kier molecular flexibility index (Phi) is 8.54. The number of aromatic nitrogens is 4. The van der Waals surface area contributed by atoms with Gasteiger partial charge in [-0.15, -0.1) is 40.0 Å². The lowest BCUT2D eigenvalue weighted by Gasteiger charge is -2.49. The minimum Gasteiger partial charge on any atom is -0.477 e. The summed E-state index contributed by atoms with van der Waals surface area (Å²) >= 11 is 5.09. The number of nitrogens with one attached hydrogen (secondary N) is 1. The van der Waals surface area contributed by atoms with Crippen molar-refractivity contribution in [1.29, 1.82) is 0 Å². The number of aliphatic carboxylic acids is 1. The third-order valence-corrected chi connectivity index (χ3v) is 10.4. The first-order valence-electron chi connectivity index (χ1n) is 11.8. The first-order valence-corrected chi connectivity index (χ1v) is 15.6. The third kappa shape index (κ3) is 5.64. The van der Waals surface area contributed by atoms with Crippen LogP contribution in [0.2, 0.25) is 0 Å². The number of nitrogens with two attached hydrogens (primary N) is 2. The van der Waals surface area contributed by atoms with E-state index in [1.54, 1.807) is 27.8 Å². The average Bonchev–Trinajstić information content (AvgIpc) is 3.55. The van der Waals surface area contributed by atoms with E-state index >= 15 is 0 Å². The Morgan fingerprint density at radius 2 is 2.15 bits per heavy atom. The standard InChI is InChI=1S/C21H22N10O6S4/c22-10-1-2-30(29(10)3-4-32)11-8-39-12(5-24-11)38-6-9-7-40-19-14(18(34)31(19)15(9)20(35)36)25-17(33)13(27-37)16-26-21(23)41-28-16/h1-2,5,8,12,14,19,22,32H,3-4,6-7H2,(H5,23,25,26,28,33,35,36,37)/p+1/t12?,14-,19?/m1/s1. The molecule has 3 aliphatic heterocycles. The van der Waals surface area contributed by atoms with E-state index in [1.807, 2.05) is 5.41 Å². The third-order valence-electron chi connectivity index (χ3n) is 6.05. The van der Waals surface area contributed by atoms with E-state index in [4.69, 9.17) is 11.5 Å². The number of carboxylic acids is 1. The summed E-state index contributed by atoms with van der Waals surface area (Å²) in [5.41, 5.74) is 11.4. The zero-order chi connectivity index (χ0) is 29.3. The number of oxime groups is 1. The Morgan fingerprint density at radius 3 is 2.78 bits per heavy atom. The molecule has 20 heteroatoms. The van der Waals surface area contributed by atoms with Gasteiger partial charge in [0.1, 0.15) is 39.9 Å². The van der Waals surface area contributed by atoms with E-state index in [1.165, 1.54) is 40.2 Å². The zero-order valence-electron chi connectivity index (χ0n) is 20.9. The predicted octanol–water partition coefficient (Wildman–Crippen LogP) is -0.966. The maximum Gasteiger partial charge on any atom is 0.352 e. The molecule has 0 aromatic carbocycles. The summed E-state index contributed by atoms with van der Waals surface area (Å²) in [6, 6.07) is 0.691. The van der Waals surface area contributed by atoms with Crippen LogP contribution in [0.1, 0.15) is 5.82 Å². The van der Waals surface area contributed by atoms with Crippen LogP contribution >= 0.6 is 46.8 Å². The van der Waals surface area contributed by atoms with Gasteiger partial charge in [-0.2, -0.15) is 14.0 Å². The molecule has 0 saturated carbocycles. The van der Waals surface area contributed by atoms with Crippen molar-refractivity contribution in [2.45, 2.75) is 22.5 Å². The highest BCUT2D eigenvalue weighted by atomic mass is 32.2. The maximum absolute atomic E-state index is 13.0. The summed E-state index contributed by atoms with van der Waals surface area (Å²) in [5, 5.41) is 35.2. The molecule has 2 unspecified atom stereocenters. The van der Waals surface area contributed by atoms with Crippen LogP contribution in [0.4, 0.5) is 10.9 Å². The van der Waals surface area contributed by atoms with Gasteiger partial charge in [-0.1, -0.05) is 5.16 Å². The lowest BCUT2D eigenvalue weighted by Crippen LogP contribution is -2.71. The maximum atomic E-state index is 13.0. The predicted molar refractivity (Wildman–Crippen MR) is 155 cm³/mol. The number of anilines is 2. The summed E-state index contributed by atoms with van der Waals surface area (Å²) in [5.74, 6) is -1.13. The molecule has 8 N–H and O–H groups in total. The van der Waals surface area contributed by atoms with Gasteiger partial charge in [-0.25, -0.2) is 4.79 Å². The second-order valence-electron chi connectivity index (χ2n) is 8.52. The molecule has 2 amide bonds.